The molecule has 1 saturated heterocycles. The number of nitrogens with zero attached hydrogens (tertiary/aromatic N) is 3. The summed E-state index contributed by atoms with van der Waals surface area (Å²) in [5.74, 6) is 0.0394. The van der Waals surface area contributed by atoms with Crippen molar-refractivity contribution in [3.05, 3.63) is 88.6 Å². The van der Waals surface area contributed by atoms with Crippen LogP contribution in [0.1, 0.15) is 35.5 Å². The van der Waals surface area contributed by atoms with Crippen LogP contribution < -0.4 is 19.9 Å². The number of alkyl halides is 2. The molecule has 2 heterocycles. The fourth-order valence-corrected chi connectivity index (χ4v) is 5.48. The molecule has 1 N–H and O–H groups in total. The van der Waals surface area contributed by atoms with Gasteiger partial charge in [0.05, 0.1) is 11.6 Å². The number of benzene rings is 3. The molecule has 6 nitrogen and oxygen atoms in total. The predicted molar refractivity (Wildman–Crippen MR) is 157 cm³/mol. The minimum atomic E-state index is -3.20. The lowest BCUT2D eigenvalue weighted by atomic mass is 10.0. The number of nitrogens with one attached hydrogen (secondary N) is 1. The van der Waals surface area contributed by atoms with Crippen LogP contribution in [0.2, 0.25) is 5.02 Å². The first-order chi connectivity index (χ1) is 19.0. The minimum absolute atomic E-state index is 0.108. The summed E-state index contributed by atoms with van der Waals surface area (Å²) in [6, 6.07) is 20.9. The number of fused-ring (bicyclic) bond motifs is 1. The molecule has 5 rings (SSSR count). The Bertz CT molecular complexity index is 1510. The Balaban J connectivity index is 1.17. The Morgan fingerprint density at radius 1 is 1.10 bits per heavy atom. The molecular formula is C31H33ClF2N4O2. The molecule has 0 aliphatic carbocycles. The van der Waals surface area contributed by atoms with Crippen molar-refractivity contribution in [2.24, 2.45) is 7.05 Å². The van der Waals surface area contributed by atoms with Crippen molar-refractivity contribution in [3.8, 4) is 5.75 Å². The van der Waals surface area contributed by atoms with E-state index in [-0.39, 0.29) is 11.7 Å². The van der Waals surface area contributed by atoms with Gasteiger partial charge in [-0.25, -0.2) is 0 Å². The second kappa shape index (κ2) is 11.0. The third-order valence-electron chi connectivity index (χ3n) is 7.55. The van der Waals surface area contributed by atoms with E-state index in [2.05, 4.69) is 43.6 Å². The highest BCUT2D eigenvalue weighted by molar-refractivity contribution is 6.31. The summed E-state index contributed by atoms with van der Waals surface area (Å²) in [7, 11) is 4.04. The van der Waals surface area contributed by atoms with Crippen molar-refractivity contribution in [1.29, 1.82) is 0 Å². The van der Waals surface area contributed by atoms with Gasteiger partial charge in [0.2, 0.25) is 0 Å². The second-order valence-electron chi connectivity index (χ2n) is 10.3. The molecule has 0 saturated carbocycles. The van der Waals surface area contributed by atoms with Crippen LogP contribution in [-0.2, 0) is 20.0 Å². The molecule has 3 aromatic carbocycles. The topological polar surface area (TPSA) is 49.7 Å². The maximum absolute atomic E-state index is 13.3. The SMILES string of the molecule is CCc1c(C(=O)NCc2ccc(N(C)C3CN(c4ccc(OC(C)(F)F)cc4)C3)cc2)c2cc(Cl)ccc2n1C. The van der Waals surface area contributed by atoms with Crippen molar-refractivity contribution in [2.45, 2.75) is 39.0 Å². The van der Waals surface area contributed by atoms with E-state index in [0.717, 1.165) is 60.0 Å². The van der Waals surface area contributed by atoms with E-state index in [1.54, 1.807) is 24.3 Å². The Morgan fingerprint density at radius 3 is 2.40 bits per heavy atom. The maximum Gasteiger partial charge on any atom is 0.394 e. The summed E-state index contributed by atoms with van der Waals surface area (Å²) in [5.41, 5.74) is 5.72. The lowest BCUT2D eigenvalue weighted by molar-refractivity contribution is -0.158. The van der Waals surface area contributed by atoms with Gasteiger partial charge in [0, 0.05) is 73.6 Å². The van der Waals surface area contributed by atoms with Crippen LogP contribution in [-0.4, -0.2) is 42.8 Å². The van der Waals surface area contributed by atoms with Crippen molar-refractivity contribution >= 4 is 39.8 Å². The van der Waals surface area contributed by atoms with E-state index < -0.39 is 6.11 Å². The summed E-state index contributed by atoms with van der Waals surface area (Å²) < 4.78 is 32.8. The van der Waals surface area contributed by atoms with Crippen LogP contribution >= 0.6 is 11.6 Å². The van der Waals surface area contributed by atoms with Gasteiger partial charge in [-0.2, -0.15) is 8.78 Å². The Kier molecular flexibility index (Phi) is 7.64. The Hall–Kier alpha value is -3.78. The number of aromatic nitrogens is 1. The first-order valence-corrected chi connectivity index (χ1v) is 13.7. The zero-order chi connectivity index (χ0) is 28.6. The zero-order valence-corrected chi connectivity index (χ0v) is 23.8. The normalized spacial score (nSPS) is 13.8. The van der Waals surface area contributed by atoms with Crippen LogP contribution in [0.4, 0.5) is 20.2 Å². The van der Waals surface area contributed by atoms with Gasteiger partial charge >= 0.3 is 6.11 Å². The maximum atomic E-state index is 13.3. The lowest BCUT2D eigenvalue weighted by Crippen LogP contribution is -2.58. The predicted octanol–water partition coefficient (Wildman–Crippen LogP) is 6.64. The molecule has 0 unspecified atom stereocenters. The Labute approximate surface area is 238 Å². The van der Waals surface area contributed by atoms with Gasteiger partial charge in [0.1, 0.15) is 5.75 Å². The van der Waals surface area contributed by atoms with Gasteiger partial charge in [-0.3, -0.25) is 4.79 Å². The van der Waals surface area contributed by atoms with Crippen LogP contribution in [0, 0.1) is 0 Å². The molecule has 1 aliphatic rings. The molecule has 1 aliphatic heterocycles. The molecular weight excluding hydrogens is 534 g/mol. The number of carbonyl (C=O) groups excluding carboxylic acids is 1. The lowest BCUT2D eigenvalue weighted by Gasteiger charge is -2.46. The van der Waals surface area contributed by atoms with E-state index in [1.807, 2.05) is 44.3 Å². The number of aryl methyl sites for hydroxylation is 1. The fraction of sp³-hybridized carbons (Fsp3) is 0.323. The summed E-state index contributed by atoms with van der Waals surface area (Å²) in [5, 5.41) is 4.55. The second-order valence-corrected chi connectivity index (χ2v) is 10.8. The highest BCUT2D eigenvalue weighted by Gasteiger charge is 2.31. The highest BCUT2D eigenvalue weighted by Crippen LogP contribution is 2.30. The third kappa shape index (κ3) is 5.72. The summed E-state index contributed by atoms with van der Waals surface area (Å²) in [6.45, 7) is 4.85. The quantitative estimate of drug-likeness (QED) is 0.247. The molecule has 9 heteroatoms. The summed E-state index contributed by atoms with van der Waals surface area (Å²) in [4.78, 5) is 17.7. The summed E-state index contributed by atoms with van der Waals surface area (Å²) >= 11 is 6.24. The van der Waals surface area contributed by atoms with Crippen LogP contribution in [0.25, 0.3) is 10.9 Å². The standard InChI is InChI=1S/C31H33ClF2N4O2/c1-5-27-29(26-16-21(32)8-15-28(26)37(27)4)30(39)35-17-20-6-9-22(10-7-20)36(3)24-18-38(19-24)23-11-13-25(14-12-23)40-31(2,33)34/h6-16,24H,5,17-19H2,1-4H3,(H,35,39). The molecule has 210 valence electrons. The van der Waals surface area contributed by atoms with Crippen LogP contribution in [0.3, 0.4) is 0 Å². The van der Waals surface area contributed by atoms with E-state index >= 15 is 0 Å². The number of hydrogen-bond donors (Lipinski definition) is 1. The molecule has 0 bridgehead atoms. The van der Waals surface area contributed by atoms with Crippen LogP contribution in [0.15, 0.2) is 66.7 Å². The molecule has 0 spiro atoms. The fourth-order valence-electron chi connectivity index (χ4n) is 5.31. The number of carbonyl (C=O) groups is 1. The number of hydrogen-bond acceptors (Lipinski definition) is 4. The number of likely N-dealkylation sites (N-methyl/N-ethyl adjacent to an activating group) is 1. The van der Waals surface area contributed by atoms with Gasteiger partial charge in [0.25, 0.3) is 5.91 Å². The number of rotatable bonds is 9. The van der Waals surface area contributed by atoms with E-state index in [4.69, 9.17) is 11.6 Å². The van der Waals surface area contributed by atoms with Crippen molar-refractivity contribution < 1.29 is 18.3 Å². The van der Waals surface area contributed by atoms with Gasteiger partial charge in [-0.05, 0) is 66.6 Å². The van der Waals surface area contributed by atoms with E-state index in [0.29, 0.717) is 23.2 Å². The average molecular weight is 567 g/mol. The molecule has 40 heavy (non-hydrogen) atoms. The third-order valence-corrected chi connectivity index (χ3v) is 7.79. The van der Waals surface area contributed by atoms with Crippen LogP contribution in [0.5, 0.6) is 5.75 Å². The number of amides is 1. The van der Waals surface area contributed by atoms with Gasteiger partial charge < -0.3 is 24.4 Å². The molecule has 1 aromatic heterocycles. The molecule has 0 radical (unpaired) electrons. The highest BCUT2D eigenvalue weighted by atomic mass is 35.5. The molecule has 0 atom stereocenters. The molecule has 1 fully saturated rings. The van der Waals surface area contributed by atoms with Crippen molar-refractivity contribution in [3.63, 3.8) is 0 Å². The van der Waals surface area contributed by atoms with Crippen molar-refractivity contribution in [2.75, 3.05) is 29.9 Å². The first kappa shape index (κ1) is 27.8. The summed E-state index contributed by atoms with van der Waals surface area (Å²) in [6.07, 6.45) is -2.46. The Morgan fingerprint density at radius 2 is 1.77 bits per heavy atom. The number of anilines is 2. The van der Waals surface area contributed by atoms with Gasteiger partial charge in [0.15, 0.2) is 0 Å². The van der Waals surface area contributed by atoms with Crippen molar-refractivity contribution in [1.82, 2.24) is 9.88 Å². The van der Waals surface area contributed by atoms with E-state index in [9.17, 15) is 13.6 Å². The minimum Gasteiger partial charge on any atom is -0.433 e. The monoisotopic (exact) mass is 566 g/mol. The van der Waals surface area contributed by atoms with Gasteiger partial charge in [-0.1, -0.05) is 30.7 Å². The zero-order valence-electron chi connectivity index (χ0n) is 23.0. The smallest absolute Gasteiger partial charge is 0.394 e. The van der Waals surface area contributed by atoms with Gasteiger partial charge in [-0.15, -0.1) is 0 Å². The largest absolute Gasteiger partial charge is 0.433 e. The molecule has 4 aromatic rings. The number of halogens is 3. The molecule has 1 amide bonds. The average Bonchev–Trinajstić information content (AvgIpc) is 3.17. The van der Waals surface area contributed by atoms with E-state index in [1.165, 1.54) is 0 Å². The number of ether oxygens (including phenoxy) is 1. The first-order valence-electron chi connectivity index (χ1n) is 13.3.